The smallest absolute Gasteiger partial charge is 0.468 e. The lowest BCUT2D eigenvalue weighted by Crippen LogP contribution is -2.48. The molecule has 14 nitrogen and oxygen atoms in total. The second-order valence-corrected chi connectivity index (χ2v) is 16.4. The number of hydrogen-bond donors (Lipinski definition) is 0. The quantitative estimate of drug-likeness (QED) is 0.0368. The number of benzene rings is 3. The summed E-state index contributed by atoms with van der Waals surface area (Å²) in [7, 11) is 1.51. The van der Waals surface area contributed by atoms with Gasteiger partial charge in [-0.2, -0.15) is 9.97 Å². The molecule has 5 heterocycles. The molecule has 0 spiro atoms. The average molecular weight is 825 g/mol. The van der Waals surface area contributed by atoms with Crippen LogP contribution in [0.4, 0.5) is 25.1 Å². The minimum Gasteiger partial charge on any atom is -0.468 e. The molecule has 60 heavy (non-hydrogen) atoms. The van der Waals surface area contributed by atoms with E-state index in [1.54, 1.807) is 24.4 Å². The van der Waals surface area contributed by atoms with Gasteiger partial charge in [0.1, 0.15) is 47.6 Å². The van der Waals surface area contributed by atoms with Crippen LogP contribution < -0.4 is 19.1 Å². The number of aryl methyl sites for hydroxylation is 1. The fourth-order valence-electron chi connectivity index (χ4n) is 10.0. The minimum absolute atomic E-state index is 0.0104. The van der Waals surface area contributed by atoms with Crippen molar-refractivity contribution >= 4 is 39.3 Å². The van der Waals surface area contributed by atoms with Crippen LogP contribution >= 0.6 is 0 Å². The number of nitro groups is 1. The van der Waals surface area contributed by atoms with Gasteiger partial charge in [-0.15, -0.1) is 0 Å². The van der Waals surface area contributed by atoms with Crippen LogP contribution in [0, 0.1) is 33.6 Å². The van der Waals surface area contributed by atoms with Gasteiger partial charge in [-0.25, -0.2) is 13.6 Å². The van der Waals surface area contributed by atoms with Crippen LogP contribution in [0.15, 0.2) is 54.7 Å². The predicted octanol–water partition coefficient (Wildman–Crippen LogP) is 8.40. The number of non-ortho nitro benzene ring substituents is 1. The Morgan fingerprint density at radius 1 is 1.00 bits per heavy atom. The lowest BCUT2D eigenvalue weighted by molar-refractivity contribution is -0.384. The van der Waals surface area contributed by atoms with Crippen LogP contribution in [-0.2, 0) is 15.9 Å². The first-order chi connectivity index (χ1) is 29.1. The largest absolute Gasteiger partial charge is 0.513 e. The van der Waals surface area contributed by atoms with Crippen molar-refractivity contribution in [2.45, 2.75) is 69.9 Å². The van der Waals surface area contributed by atoms with Crippen molar-refractivity contribution in [3.8, 4) is 28.8 Å². The van der Waals surface area contributed by atoms with Gasteiger partial charge in [0.15, 0.2) is 12.6 Å². The van der Waals surface area contributed by atoms with Crippen molar-refractivity contribution in [2.75, 3.05) is 51.7 Å². The number of halogens is 2. The summed E-state index contributed by atoms with van der Waals surface area (Å²) in [5.74, 6) is 1.13. The van der Waals surface area contributed by atoms with Crippen molar-refractivity contribution in [3.63, 3.8) is 0 Å². The highest BCUT2D eigenvalue weighted by Gasteiger charge is 2.50. The van der Waals surface area contributed by atoms with E-state index in [4.69, 9.17) is 38.6 Å². The number of hydrogen-bond acceptors (Lipinski definition) is 13. The highest BCUT2D eigenvalue weighted by atomic mass is 19.1. The van der Waals surface area contributed by atoms with E-state index >= 15 is 8.78 Å². The fourth-order valence-corrected chi connectivity index (χ4v) is 10.0. The number of ether oxygens (including phenoxy) is 5. The maximum absolute atomic E-state index is 17.4. The third-order valence-electron chi connectivity index (χ3n) is 12.8. The molecule has 314 valence electrons. The maximum atomic E-state index is 17.4. The predicted molar refractivity (Wildman–Crippen MR) is 217 cm³/mol. The van der Waals surface area contributed by atoms with Crippen molar-refractivity contribution in [2.24, 2.45) is 11.8 Å². The van der Waals surface area contributed by atoms with Crippen LogP contribution in [-0.4, -0.2) is 89.3 Å². The second-order valence-electron chi connectivity index (χ2n) is 16.4. The van der Waals surface area contributed by atoms with Gasteiger partial charge in [0.05, 0.1) is 15.8 Å². The Bertz CT molecular complexity index is 2440. The molecule has 2 aromatic heterocycles. The topological polar surface area (TPSA) is 152 Å². The van der Waals surface area contributed by atoms with Crippen LogP contribution in [0.1, 0.15) is 57.4 Å². The van der Waals surface area contributed by atoms with Crippen LogP contribution in [0.2, 0.25) is 0 Å². The van der Waals surface area contributed by atoms with Crippen molar-refractivity contribution in [3.05, 3.63) is 82.0 Å². The molecule has 0 radical (unpaired) electrons. The number of pyridine rings is 1. The zero-order valence-electron chi connectivity index (χ0n) is 33.5. The molecule has 4 aliphatic rings. The molecule has 0 amide bonds. The van der Waals surface area contributed by atoms with Crippen molar-refractivity contribution in [1.29, 1.82) is 0 Å². The van der Waals surface area contributed by atoms with E-state index < -0.39 is 16.9 Å². The van der Waals surface area contributed by atoms with Gasteiger partial charge in [-0.3, -0.25) is 20.0 Å². The first kappa shape index (κ1) is 39.7. The number of nitrogens with zero attached hydrogens (tertiary/aromatic N) is 6. The third kappa shape index (κ3) is 7.51. The summed E-state index contributed by atoms with van der Waals surface area (Å²) in [5.41, 5.74) is 0.412. The third-order valence-corrected chi connectivity index (χ3v) is 12.8. The van der Waals surface area contributed by atoms with Gasteiger partial charge in [0.25, 0.3) is 5.69 Å². The summed E-state index contributed by atoms with van der Waals surface area (Å²) in [6.45, 7) is 4.53. The van der Waals surface area contributed by atoms with Crippen LogP contribution in [0.3, 0.4) is 0 Å². The Hall–Kier alpha value is -5.74. The number of carbonyl (C=O) groups excluding carboxylic acids is 1. The van der Waals surface area contributed by atoms with Gasteiger partial charge in [0.2, 0.25) is 0 Å². The molecule has 5 aromatic rings. The first-order valence-corrected chi connectivity index (χ1v) is 20.6. The zero-order valence-corrected chi connectivity index (χ0v) is 33.5. The van der Waals surface area contributed by atoms with Crippen LogP contribution in [0.5, 0.6) is 17.5 Å². The van der Waals surface area contributed by atoms with E-state index in [0.29, 0.717) is 57.1 Å². The Morgan fingerprint density at radius 3 is 2.55 bits per heavy atom. The molecule has 2 bridgehead atoms. The number of aromatic nitrogens is 3. The summed E-state index contributed by atoms with van der Waals surface area (Å²) in [5, 5.41) is 12.7. The number of piperidine rings is 1. The minimum atomic E-state index is -0.894. The number of fused-ring (bicyclic) bond motifs is 5. The van der Waals surface area contributed by atoms with Gasteiger partial charge < -0.3 is 28.6 Å². The first-order valence-electron chi connectivity index (χ1n) is 20.6. The number of carbonyl (C=O) groups is 1. The summed E-state index contributed by atoms with van der Waals surface area (Å²) in [6, 6.07) is 11.7. The molecule has 3 unspecified atom stereocenters. The summed E-state index contributed by atoms with van der Waals surface area (Å²) in [6.07, 6.45) is 7.86. The molecule has 1 saturated carbocycles. The Morgan fingerprint density at radius 2 is 1.80 bits per heavy atom. The molecule has 3 aromatic carbocycles. The lowest BCUT2D eigenvalue weighted by Gasteiger charge is -2.35. The molecule has 3 saturated heterocycles. The molecular formula is C44H46F2N6O8. The molecule has 4 atom stereocenters. The average Bonchev–Trinajstić information content (AvgIpc) is 3.93. The van der Waals surface area contributed by atoms with E-state index in [-0.39, 0.29) is 66.1 Å². The second kappa shape index (κ2) is 16.4. The number of anilines is 1. The van der Waals surface area contributed by atoms with E-state index in [9.17, 15) is 14.9 Å². The molecule has 16 heteroatoms. The van der Waals surface area contributed by atoms with Crippen molar-refractivity contribution < 1.29 is 42.2 Å². The summed E-state index contributed by atoms with van der Waals surface area (Å²) in [4.78, 5) is 42.0. The molecule has 0 N–H and O–H groups in total. The number of nitro benzene ring substituents is 1. The monoisotopic (exact) mass is 824 g/mol. The zero-order chi connectivity index (χ0) is 41.5. The van der Waals surface area contributed by atoms with Crippen molar-refractivity contribution in [1.82, 2.24) is 19.9 Å². The van der Waals surface area contributed by atoms with Gasteiger partial charge in [0, 0.05) is 50.1 Å². The Balaban J connectivity index is 1.01. The Kier molecular flexibility index (Phi) is 10.8. The van der Waals surface area contributed by atoms with Gasteiger partial charge >= 0.3 is 12.2 Å². The molecule has 3 aliphatic heterocycles. The molecule has 4 fully saturated rings. The normalized spacial score (nSPS) is 22.3. The SMILES string of the molecule is CCc1c(F)ccc2cc(OCOC)cc(-c3ncc4c(N5CC6CCC(C6)C5)nc(OCC56CCCN5[C@@H](COC(=O)Oc5ccc([N+](=O)[O-])cc5)CC6)nc4c3F)c12. The molecule has 1 aliphatic carbocycles. The molecular weight excluding hydrogens is 779 g/mol. The highest BCUT2D eigenvalue weighted by Crippen LogP contribution is 2.45. The number of methoxy groups -OCH3 is 1. The molecule has 9 rings (SSSR count). The number of rotatable bonds is 13. The van der Waals surface area contributed by atoms with E-state index in [1.165, 1.54) is 43.9 Å². The Labute approximate surface area is 344 Å². The maximum Gasteiger partial charge on any atom is 0.513 e. The van der Waals surface area contributed by atoms with Gasteiger partial charge in [-0.05, 0) is 116 Å². The summed E-state index contributed by atoms with van der Waals surface area (Å²) < 4.78 is 60.9. The van der Waals surface area contributed by atoms with E-state index in [1.807, 2.05) is 6.92 Å². The van der Waals surface area contributed by atoms with Crippen LogP contribution in [0.25, 0.3) is 32.9 Å². The van der Waals surface area contributed by atoms with E-state index in [2.05, 4.69) is 9.80 Å². The van der Waals surface area contributed by atoms with Gasteiger partial charge in [-0.1, -0.05) is 13.0 Å². The summed E-state index contributed by atoms with van der Waals surface area (Å²) >= 11 is 0. The standard InChI is InChI=1S/C44H46F2N6O8/c1-3-33-36(45)12-7-28-18-32(59-25-56-2)19-34(37(28)33)39-38(46)40-35(20-47-39)41(50-21-26-5-6-27(17-26)22-50)49-42(48-40)58-24-44-14-4-16-51(44)30(13-15-44)23-57-43(53)60-31-10-8-29(9-11-31)52(54)55/h7-12,18-20,26-27,30H,3-6,13-17,21-25H2,1-2H3/t26?,27?,30-,44?/m1/s1. The highest BCUT2D eigenvalue weighted by molar-refractivity contribution is 6.02. The fraction of sp³-hybridized carbons (Fsp3) is 0.455. The van der Waals surface area contributed by atoms with E-state index in [0.717, 1.165) is 58.2 Å². The lowest BCUT2D eigenvalue weighted by atomic mass is 9.94.